The number of aromatic nitrogens is 2. The number of rotatable bonds is 4. The molecule has 84 valence electrons. The number of hydrogen-bond acceptors (Lipinski definition) is 6. The lowest BCUT2D eigenvalue weighted by molar-refractivity contribution is 0.448. The van der Waals surface area contributed by atoms with Crippen molar-refractivity contribution < 1.29 is 4.42 Å². The van der Waals surface area contributed by atoms with Crippen molar-refractivity contribution >= 4 is 23.5 Å². The van der Waals surface area contributed by atoms with Crippen LogP contribution in [0.5, 0.6) is 0 Å². The summed E-state index contributed by atoms with van der Waals surface area (Å²) in [4.78, 5) is 0. The average Bonchev–Trinajstić information content (AvgIpc) is 2.66. The molecule has 1 N–H and O–H groups in total. The Balaban J connectivity index is 1.65. The minimum atomic E-state index is 0.634. The van der Waals surface area contributed by atoms with Crippen LogP contribution in [-0.4, -0.2) is 39.3 Å². The van der Waals surface area contributed by atoms with Crippen LogP contribution in [0.2, 0.25) is 0 Å². The number of thioether (sulfide) groups is 2. The second kappa shape index (κ2) is 5.77. The van der Waals surface area contributed by atoms with E-state index in [1.54, 1.807) is 0 Å². The lowest BCUT2D eigenvalue weighted by atomic mass is 10.4. The molecule has 1 saturated heterocycles. The van der Waals surface area contributed by atoms with E-state index in [1.807, 2.05) is 18.7 Å². The maximum atomic E-state index is 5.28. The fraction of sp³-hybridized carbons (Fsp3) is 0.778. The van der Waals surface area contributed by atoms with E-state index < -0.39 is 0 Å². The van der Waals surface area contributed by atoms with Gasteiger partial charge in [-0.15, -0.1) is 10.2 Å². The predicted octanol–water partition coefficient (Wildman–Crippen LogP) is 1.32. The summed E-state index contributed by atoms with van der Waals surface area (Å²) in [7, 11) is 0. The van der Waals surface area contributed by atoms with Gasteiger partial charge in [-0.05, 0) is 0 Å². The highest BCUT2D eigenvalue weighted by molar-refractivity contribution is 8.06. The van der Waals surface area contributed by atoms with Crippen LogP contribution in [0.4, 0.5) is 0 Å². The van der Waals surface area contributed by atoms with E-state index in [9.17, 15) is 0 Å². The SMILES string of the molecule is Cc1nnc(CNCC2CSCCS2)o1. The molecule has 1 aliphatic rings. The van der Waals surface area contributed by atoms with Crippen LogP contribution >= 0.6 is 23.5 Å². The van der Waals surface area contributed by atoms with Crippen LogP contribution in [0.3, 0.4) is 0 Å². The first-order valence-corrected chi connectivity index (χ1v) is 7.24. The van der Waals surface area contributed by atoms with E-state index in [4.69, 9.17) is 4.42 Å². The number of nitrogens with zero attached hydrogens (tertiary/aromatic N) is 2. The topological polar surface area (TPSA) is 51.0 Å². The third-order valence-electron chi connectivity index (χ3n) is 2.10. The van der Waals surface area contributed by atoms with Crippen molar-refractivity contribution in [3.05, 3.63) is 11.8 Å². The van der Waals surface area contributed by atoms with Crippen molar-refractivity contribution in [1.29, 1.82) is 0 Å². The van der Waals surface area contributed by atoms with Crippen LogP contribution < -0.4 is 5.32 Å². The molecule has 0 amide bonds. The molecule has 0 aromatic carbocycles. The largest absolute Gasteiger partial charge is 0.424 e. The molecule has 0 radical (unpaired) electrons. The van der Waals surface area contributed by atoms with Gasteiger partial charge in [0.15, 0.2) is 0 Å². The van der Waals surface area contributed by atoms with Gasteiger partial charge in [0.2, 0.25) is 11.8 Å². The van der Waals surface area contributed by atoms with Gasteiger partial charge in [0.05, 0.1) is 6.54 Å². The Morgan fingerprint density at radius 1 is 1.47 bits per heavy atom. The van der Waals surface area contributed by atoms with E-state index in [1.165, 1.54) is 17.3 Å². The summed E-state index contributed by atoms with van der Waals surface area (Å²) in [6.07, 6.45) is 0. The first-order chi connectivity index (χ1) is 7.34. The molecule has 6 heteroatoms. The monoisotopic (exact) mass is 245 g/mol. The predicted molar refractivity (Wildman–Crippen MR) is 64.3 cm³/mol. The molecule has 0 spiro atoms. The van der Waals surface area contributed by atoms with E-state index in [0.29, 0.717) is 18.3 Å². The zero-order chi connectivity index (χ0) is 10.5. The van der Waals surface area contributed by atoms with Crippen LogP contribution in [0.1, 0.15) is 11.8 Å². The van der Waals surface area contributed by atoms with Crippen molar-refractivity contribution in [1.82, 2.24) is 15.5 Å². The second-order valence-corrected chi connectivity index (χ2v) is 5.97. The normalized spacial score (nSPS) is 21.8. The van der Waals surface area contributed by atoms with Gasteiger partial charge >= 0.3 is 0 Å². The minimum Gasteiger partial charge on any atom is -0.424 e. The molecule has 1 fully saturated rings. The van der Waals surface area contributed by atoms with Crippen molar-refractivity contribution in [2.75, 3.05) is 23.8 Å². The lowest BCUT2D eigenvalue weighted by Gasteiger charge is -2.20. The molecule has 1 atom stereocenters. The fourth-order valence-electron chi connectivity index (χ4n) is 1.40. The van der Waals surface area contributed by atoms with Crippen molar-refractivity contribution in [2.24, 2.45) is 0 Å². The van der Waals surface area contributed by atoms with Gasteiger partial charge in [0, 0.05) is 36.0 Å². The molecule has 0 aliphatic carbocycles. The summed E-state index contributed by atoms with van der Waals surface area (Å²) < 4.78 is 5.28. The number of aryl methyl sites for hydroxylation is 1. The van der Waals surface area contributed by atoms with Crippen LogP contribution in [0, 0.1) is 6.92 Å². The average molecular weight is 245 g/mol. The Kier molecular flexibility index (Phi) is 4.34. The molecule has 1 aromatic rings. The summed E-state index contributed by atoms with van der Waals surface area (Å²) in [6, 6.07) is 0. The van der Waals surface area contributed by atoms with E-state index in [-0.39, 0.29) is 0 Å². The molecule has 4 nitrogen and oxygen atoms in total. The van der Waals surface area contributed by atoms with Gasteiger partial charge in [-0.25, -0.2) is 0 Å². The molecular weight excluding hydrogens is 230 g/mol. The maximum Gasteiger partial charge on any atom is 0.230 e. The first-order valence-electron chi connectivity index (χ1n) is 5.03. The van der Waals surface area contributed by atoms with Gasteiger partial charge in [0.1, 0.15) is 0 Å². The molecule has 1 unspecified atom stereocenters. The standard InChI is InChI=1S/C9H15N3OS2/c1-7-11-12-9(13-7)5-10-4-8-6-14-2-3-15-8/h8,10H,2-6H2,1H3. The summed E-state index contributed by atoms with van der Waals surface area (Å²) >= 11 is 4.09. The summed E-state index contributed by atoms with van der Waals surface area (Å²) in [6.45, 7) is 3.52. The van der Waals surface area contributed by atoms with Gasteiger partial charge in [-0.3, -0.25) is 0 Å². The highest BCUT2D eigenvalue weighted by Crippen LogP contribution is 2.23. The first kappa shape index (κ1) is 11.3. The number of hydrogen-bond donors (Lipinski definition) is 1. The van der Waals surface area contributed by atoms with Crippen molar-refractivity contribution in [2.45, 2.75) is 18.7 Å². The molecule has 15 heavy (non-hydrogen) atoms. The Morgan fingerprint density at radius 3 is 3.07 bits per heavy atom. The van der Waals surface area contributed by atoms with Crippen molar-refractivity contribution in [3.63, 3.8) is 0 Å². The third-order valence-corrected chi connectivity index (χ3v) is 4.95. The molecule has 1 aromatic heterocycles. The van der Waals surface area contributed by atoms with E-state index >= 15 is 0 Å². The quantitative estimate of drug-likeness (QED) is 0.863. The van der Waals surface area contributed by atoms with Gasteiger partial charge in [-0.1, -0.05) is 0 Å². The number of nitrogens with one attached hydrogen (secondary N) is 1. The Bertz CT molecular complexity index is 299. The Hall–Kier alpha value is -0.200. The molecule has 2 heterocycles. The molecule has 1 aliphatic heterocycles. The fourth-order valence-corrected chi connectivity index (χ4v) is 4.05. The zero-order valence-electron chi connectivity index (χ0n) is 8.73. The summed E-state index contributed by atoms with van der Waals surface area (Å²) in [5.74, 6) is 5.14. The second-order valence-electron chi connectivity index (χ2n) is 3.41. The van der Waals surface area contributed by atoms with Gasteiger partial charge in [0.25, 0.3) is 0 Å². The smallest absolute Gasteiger partial charge is 0.230 e. The third kappa shape index (κ3) is 3.70. The van der Waals surface area contributed by atoms with Crippen LogP contribution in [-0.2, 0) is 6.54 Å². The highest BCUT2D eigenvalue weighted by atomic mass is 32.2. The summed E-state index contributed by atoms with van der Waals surface area (Å²) in [5.41, 5.74) is 0. The van der Waals surface area contributed by atoms with E-state index in [2.05, 4.69) is 27.3 Å². The van der Waals surface area contributed by atoms with E-state index in [0.717, 1.165) is 11.8 Å². The van der Waals surface area contributed by atoms with Crippen LogP contribution in [0.25, 0.3) is 0 Å². The Labute approximate surface area is 98.0 Å². The lowest BCUT2D eigenvalue weighted by Crippen LogP contribution is -2.28. The van der Waals surface area contributed by atoms with Crippen molar-refractivity contribution in [3.8, 4) is 0 Å². The maximum absolute atomic E-state index is 5.28. The molecule has 2 rings (SSSR count). The van der Waals surface area contributed by atoms with Crippen LogP contribution in [0.15, 0.2) is 4.42 Å². The molecular formula is C9H15N3OS2. The Morgan fingerprint density at radius 2 is 2.40 bits per heavy atom. The zero-order valence-corrected chi connectivity index (χ0v) is 10.4. The molecule has 0 bridgehead atoms. The molecule has 0 saturated carbocycles. The van der Waals surface area contributed by atoms with Gasteiger partial charge in [-0.2, -0.15) is 23.5 Å². The summed E-state index contributed by atoms with van der Waals surface area (Å²) in [5, 5.41) is 11.8. The van der Waals surface area contributed by atoms with Gasteiger partial charge < -0.3 is 9.73 Å². The highest BCUT2D eigenvalue weighted by Gasteiger charge is 2.13. The minimum absolute atomic E-state index is 0.634.